The van der Waals surface area contributed by atoms with Crippen molar-refractivity contribution in [2.45, 2.75) is 6.10 Å². The number of rotatable bonds is 0. The van der Waals surface area contributed by atoms with Gasteiger partial charge < -0.3 is 4.74 Å². The summed E-state index contributed by atoms with van der Waals surface area (Å²) < 4.78 is 4.74. The van der Waals surface area contributed by atoms with Gasteiger partial charge in [-0.05, 0) is 6.08 Å². The van der Waals surface area contributed by atoms with Crippen molar-refractivity contribution in [2.75, 3.05) is 0 Å². The van der Waals surface area contributed by atoms with Crippen LogP contribution in [0.1, 0.15) is 0 Å². The van der Waals surface area contributed by atoms with E-state index in [1.165, 1.54) is 6.08 Å². The lowest BCUT2D eigenvalue weighted by molar-refractivity contribution is -0.137. The summed E-state index contributed by atoms with van der Waals surface area (Å²) in [6.07, 6.45) is 5.26. The summed E-state index contributed by atoms with van der Waals surface area (Å²) in [6.45, 7) is 0. The molecule has 1 atom stereocenters. The maximum absolute atomic E-state index is 10.4. The zero-order chi connectivity index (χ0) is 5.56. The van der Waals surface area contributed by atoms with E-state index < -0.39 is 0 Å². The summed E-state index contributed by atoms with van der Waals surface area (Å²) in [7, 11) is 0. The van der Waals surface area contributed by atoms with Crippen molar-refractivity contribution in [2.24, 2.45) is 0 Å². The molecule has 0 aromatic rings. The van der Waals surface area contributed by atoms with E-state index in [1.807, 2.05) is 12.2 Å². The van der Waals surface area contributed by atoms with Crippen molar-refractivity contribution in [3.8, 4) is 0 Å². The lowest BCUT2D eigenvalue weighted by atomic mass is 10.0. The fourth-order valence-electron chi connectivity index (χ4n) is 0.819. The van der Waals surface area contributed by atoms with Crippen LogP contribution in [0.3, 0.4) is 0 Å². The van der Waals surface area contributed by atoms with Crippen molar-refractivity contribution in [3.63, 3.8) is 0 Å². The average molecular weight is 108 g/mol. The molecule has 1 unspecified atom stereocenters. The molecule has 0 aromatic heterocycles. The van der Waals surface area contributed by atoms with Crippen LogP contribution >= 0.6 is 0 Å². The fourth-order valence-corrected chi connectivity index (χ4v) is 0.819. The van der Waals surface area contributed by atoms with Crippen LogP contribution in [-0.2, 0) is 9.53 Å². The Labute approximate surface area is 46.4 Å². The largest absolute Gasteiger partial charge is 0.450 e. The van der Waals surface area contributed by atoms with Crippen LogP contribution in [-0.4, -0.2) is 12.1 Å². The topological polar surface area (TPSA) is 26.3 Å². The molecule has 1 aliphatic carbocycles. The minimum Gasteiger partial charge on any atom is -0.450 e. The highest BCUT2D eigenvalue weighted by molar-refractivity contribution is 5.88. The van der Waals surface area contributed by atoms with Gasteiger partial charge in [-0.25, -0.2) is 4.79 Å². The molecule has 0 aromatic carbocycles. The normalized spacial score (nSPS) is 30.8. The Bertz CT molecular complexity index is 201. The van der Waals surface area contributed by atoms with E-state index in [-0.39, 0.29) is 12.1 Å². The van der Waals surface area contributed by atoms with Gasteiger partial charge in [0.1, 0.15) is 6.10 Å². The van der Waals surface area contributed by atoms with Crippen LogP contribution in [0.25, 0.3) is 0 Å². The molecule has 0 saturated heterocycles. The van der Waals surface area contributed by atoms with Gasteiger partial charge in [0.25, 0.3) is 0 Å². The number of hydrogen-bond donors (Lipinski definition) is 0. The predicted molar refractivity (Wildman–Crippen MR) is 27.1 cm³/mol. The summed E-state index contributed by atoms with van der Waals surface area (Å²) in [5.74, 6) is -0.213. The van der Waals surface area contributed by atoms with Gasteiger partial charge in [0.15, 0.2) is 0 Å². The van der Waals surface area contributed by atoms with E-state index >= 15 is 0 Å². The lowest BCUT2D eigenvalue weighted by Gasteiger charge is -2.12. The van der Waals surface area contributed by atoms with Crippen LogP contribution in [0.2, 0.25) is 0 Å². The molecule has 2 heteroatoms. The second-order valence-corrected chi connectivity index (χ2v) is 1.86. The number of carbonyl (C=O) groups excluding carboxylic acids is 1. The monoisotopic (exact) mass is 108 g/mol. The molecule has 0 fully saturated rings. The number of hydrogen-bond acceptors (Lipinski definition) is 2. The molecular weight excluding hydrogens is 104 g/mol. The molecule has 2 rings (SSSR count). The van der Waals surface area contributed by atoms with Crippen LogP contribution in [0.15, 0.2) is 23.8 Å². The molecule has 0 radical (unpaired) electrons. The molecule has 0 amide bonds. The van der Waals surface area contributed by atoms with E-state index in [0.29, 0.717) is 0 Å². The molecule has 0 spiro atoms. The quantitative estimate of drug-likeness (QED) is 0.420. The summed E-state index contributed by atoms with van der Waals surface area (Å²) in [5.41, 5.74) is 1.01. The van der Waals surface area contributed by atoms with Gasteiger partial charge in [-0.15, -0.1) is 0 Å². The first-order chi connectivity index (χ1) is 3.86. The Morgan fingerprint density at radius 1 is 1.62 bits per heavy atom. The Morgan fingerprint density at radius 2 is 2.50 bits per heavy atom. The molecule has 1 aliphatic heterocycles. The number of esters is 1. The van der Waals surface area contributed by atoms with Gasteiger partial charge in [-0.2, -0.15) is 0 Å². The zero-order valence-electron chi connectivity index (χ0n) is 4.13. The third-order valence-corrected chi connectivity index (χ3v) is 1.32. The van der Waals surface area contributed by atoms with Gasteiger partial charge >= 0.3 is 5.97 Å². The van der Waals surface area contributed by atoms with Crippen molar-refractivity contribution >= 4 is 5.97 Å². The second-order valence-electron chi connectivity index (χ2n) is 1.86. The van der Waals surface area contributed by atoms with E-state index in [1.54, 1.807) is 0 Å². The molecule has 8 heavy (non-hydrogen) atoms. The summed E-state index contributed by atoms with van der Waals surface area (Å²) in [6, 6.07) is 0. The van der Waals surface area contributed by atoms with Gasteiger partial charge in [-0.3, -0.25) is 0 Å². The van der Waals surface area contributed by atoms with Crippen molar-refractivity contribution in [1.29, 1.82) is 0 Å². The van der Waals surface area contributed by atoms with Gasteiger partial charge in [-0.1, -0.05) is 6.08 Å². The second kappa shape index (κ2) is 1.02. The number of ether oxygens (including phenoxy) is 1. The highest BCUT2D eigenvalue weighted by Gasteiger charge is 2.27. The smallest absolute Gasteiger partial charge is 0.332 e. The van der Waals surface area contributed by atoms with Crippen molar-refractivity contribution in [3.05, 3.63) is 23.8 Å². The van der Waals surface area contributed by atoms with Crippen LogP contribution < -0.4 is 0 Å². The Morgan fingerprint density at radius 3 is 2.75 bits per heavy atom. The third-order valence-electron chi connectivity index (χ3n) is 1.32. The maximum atomic E-state index is 10.4. The van der Waals surface area contributed by atoms with E-state index in [4.69, 9.17) is 4.74 Å². The standard InChI is InChI=1S/C6H4O2/c7-6-3-4-1-2-5(4)8-6/h1-3,5H. The molecule has 0 saturated carbocycles. The summed E-state index contributed by atoms with van der Waals surface area (Å²) in [4.78, 5) is 10.4. The fraction of sp³-hybridized carbons (Fsp3) is 0.167. The Hall–Kier alpha value is -1.05. The molecule has 2 nitrogen and oxygen atoms in total. The highest BCUT2D eigenvalue weighted by atomic mass is 16.5. The molecule has 0 N–H and O–H groups in total. The van der Waals surface area contributed by atoms with E-state index in [0.717, 1.165) is 5.57 Å². The van der Waals surface area contributed by atoms with E-state index in [2.05, 4.69) is 0 Å². The average Bonchev–Trinajstić information content (AvgIpc) is 1.91. The Kier molecular flexibility index (Phi) is 0.497. The minimum absolute atomic E-state index is 0.00231. The predicted octanol–water partition coefficient (Wildman–Crippen LogP) is 0.408. The lowest BCUT2D eigenvalue weighted by Crippen LogP contribution is -2.12. The molecule has 2 aliphatic rings. The maximum Gasteiger partial charge on any atom is 0.332 e. The third kappa shape index (κ3) is 0.304. The summed E-state index contributed by atoms with van der Waals surface area (Å²) >= 11 is 0. The molecule has 40 valence electrons. The van der Waals surface area contributed by atoms with Crippen molar-refractivity contribution < 1.29 is 9.53 Å². The highest BCUT2D eigenvalue weighted by Crippen LogP contribution is 2.25. The van der Waals surface area contributed by atoms with Crippen LogP contribution in [0.5, 0.6) is 0 Å². The Balaban J connectivity index is 2.40. The first kappa shape index (κ1) is 3.89. The van der Waals surface area contributed by atoms with Crippen LogP contribution in [0, 0.1) is 0 Å². The number of carbonyl (C=O) groups is 1. The molecule has 1 heterocycles. The van der Waals surface area contributed by atoms with E-state index in [9.17, 15) is 4.79 Å². The van der Waals surface area contributed by atoms with Gasteiger partial charge in [0.2, 0.25) is 0 Å². The summed E-state index contributed by atoms with van der Waals surface area (Å²) in [5, 5.41) is 0. The molecule has 0 bridgehead atoms. The van der Waals surface area contributed by atoms with Gasteiger partial charge in [0, 0.05) is 11.6 Å². The van der Waals surface area contributed by atoms with Crippen molar-refractivity contribution in [1.82, 2.24) is 0 Å². The number of fused-ring (bicyclic) bond motifs is 1. The zero-order valence-corrected chi connectivity index (χ0v) is 4.13. The first-order valence-electron chi connectivity index (χ1n) is 2.47. The molecular formula is C6H4O2. The minimum atomic E-state index is -0.213. The van der Waals surface area contributed by atoms with Crippen LogP contribution in [0.4, 0.5) is 0 Å². The van der Waals surface area contributed by atoms with Gasteiger partial charge in [0.05, 0.1) is 0 Å². The first-order valence-corrected chi connectivity index (χ1v) is 2.47. The SMILES string of the molecule is O=C1C=C2C=CC2O1.